The van der Waals surface area contributed by atoms with Crippen molar-refractivity contribution in [2.75, 3.05) is 18.0 Å². The maximum atomic E-state index is 5.50. The number of rotatable bonds is 2. The van der Waals surface area contributed by atoms with Gasteiger partial charge in [-0.15, -0.1) is 24.8 Å². The van der Waals surface area contributed by atoms with Crippen molar-refractivity contribution in [1.82, 2.24) is 4.98 Å². The van der Waals surface area contributed by atoms with E-state index in [0.717, 1.165) is 24.5 Å². The molecule has 86 valence electrons. The van der Waals surface area contributed by atoms with Crippen LogP contribution in [-0.2, 0) is 6.54 Å². The third kappa shape index (κ3) is 3.52. The van der Waals surface area contributed by atoms with Crippen molar-refractivity contribution in [3.63, 3.8) is 0 Å². The largest absolute Gasteiger partial charge is 0.357 e. The van der Waals surface area contributed by atoms with Crippen LogP contribution in [0.2, 0.25) is 0 Å². The van der Waals surface area contributed by atoms with Gasteiger partial charge in [-0.2, -0.15) is 0 Å². The van der Waals surface area contributed by atoms with E-state index in [1.807, 2.05) is 6.20 Å². The summed E-state index contributed by atoms with van der Waals surface area (Å²) >= 11 is 0. The maximum absolute atomic E-state index is 5.50. The van der Waals surface area contributed by atoms with E-state index in [2.05, 4.69) is 22.0 Å². The Hall–Kier alpha value is -0.510. The van der Waals surface area contributed by atoms with Gasteiger partial charge in [-0.05, 0) is 24.5 Å². The molecule has 1 saturated heterocycles. The second-order valence-corrected chi connectivity index (χ2v) is 3.42. The van der Waals surface area contributed by atoms with E-state index in [0.29, 0.717) is 6.54 Å². The zero-order chi connectivity index (χ0) is 9.10. The fourth-order valence-electron chi connectivity index (χ4n) is 1.67. The van der Waals surface area contributed by atoms with Gasteiger partial charge in [0.2, 0.25) is 0 Å². The summed E-state index contributed by atoms with van der Waals surface area (Å²) in [6.07, 6.45) is 4.45. The third-order valence-corrected chi connectivity index (χ3v) is 2.47. The molecule has 0 atom stereocenters. The van der Waals surface area contributed by atoms with Gasteiger partial charge in [0.1, 0.15) is 5.82 Å². The molecule has 0 unspecified atom stereocenters. The zero-order valence-electron chi connectivity index (χ0n) is 8.56. The van der Waals surface area contributed by atoms with Gasteiger partial charge in [-0.1, -0.05) is 6.07 Å². The molecule has 0 aromatic carbocycles. The topological polar surface area (TPSA) is 42.1 Å². The zero-order valence-corrected chi connectivity index (χ0v) is 10.2. The minimum Gasteiger partial charge on any atom is -0.357 e. The van der Waals surface area contributed by atoms with E-state index in [1.54, 1.807) is 0 Å². The van der Waals surface area contributed by atoms with Crippen molar-refractivity contribution in [2.24, 2.45) is 5.73 Å². The smallest absolute Gasteiger partial charge is 0.128 e. The average Bonchev–Trinajstić information content (AvgIpc) is 2.71. The van der Waals surface area contributed by atoms with Crippen LogP contribution in [0, 0.1) is 0 Å². The summed E-state index contributed by atoms with van der Waals surface area (Å²) in [5.74, 6) is 1.09. The molecule has 2 heterocycles. The Kier molecular flexibility index (Phi) is 6.65. The molecule has 2 rings (SSSR count). The van der Waals surface area contributed by atoms with Crippen molar-refractivity contribution < 1.29 is 0 Å². The number of nitrogens with zero attached hydrogens (tertiary/aromatic N) is 2. The first-order valence-corrected chi connectivity index (χ1v) is 4.80. The maximum Gasteiger partial charge on any atom is 0.128 e. The molecule has 1 aromatic rings. The number of nitrogens with two attached hydrogens (primary N) is 1. The van der Waals surface area contributed by atoms with Gasteiger partial charge in [0.05, 0.1) is 0 Å². The Morgan fingerprint density at radius 1 is 1.20 bits per heavy atom. The number of pyridine rings is 1. The van der Waals surface area contributed by atoms with Crippen LogP contribution < -0.4 is 10.6 Å². The summed E-state index contributed by atoms with van der Waals surface area (Å²) in [6.45, 7) is 2.87. The quantitative estimate of drug-likeness (QED) is 0.872. The van der Waals surface area contributed by atoms with Crippen LogP contribution in [0.1, 0.15) is 18.4 Å². The van der Waals surface area contributed by atoms with Crippen molar-refractivity contribution in [1.29, 1.82) is 0 Å². The van der Waals surface area contributed by atoms with Crippen LogP contribution in [0.25, 0.3) is 0 Å². The Balaban J connectivity index is 0.000000980. The number of aromatic nitrogens is 1. The monoisotopic (exact) mass is 249 g/mol. The molecule has 0 saturated carbocycles. The molecule has 0 bridgehead atoms. The number of anilines is 1. The summed E-state index contributed by atoms with van der Waals surface area (Å²) in [5, 5.41) is 0. The molecule has 0 aliphatic carbocycles. The van der Waals surface area contributed by atoms with Gasteiger partial charge in [0.25, 0.3) is 0 Å². The second kappa shape index (κ2) is 6.88. The van der Waals surface area contributed by atoms with E-state index in [1.165, 1.54) is 12.8 Å². The Morgan fingerprint density at radius 3 is 2.33 bits per heavy atom. The van der Waals surface area contributed by atoms with Gasteiger partial charge < -0.3 is 10.6 Å². The van der Waals surface area contributed by atoms with Crippen LogP contribution in [-0.4, -0.2) is 18.1 Å². The first-order chi connectivity index (χ1) is 6.40. The molecule has 1 aliphatic rings. The van der Waals surface area contributed by atoms with E-state index in [9.17, 15) is 0 Å². The normalized spacial score (nSPS) is 14.3. The molecule has 0 amide bonds. The molecule has 1 fully saturated rings. The molecule has 5 heteroatoms. The van der Waals surface area contributed by atoms with Crippen molar-refractivity contribution in [3.05, 3.63) is 23.9 Å². The third-order valence-electron chi connectivity index (χ3n) is 2.47. The van der Waals surface area contributed by atoms with Gasteiger partial charge in [0.15, 0.2) is 0 Å². The molecular formula is C10H17Cl2N3. The van der Waals surface area contributed by atoms with Crippen LogP contribution in [0.3, 0.4) is 0 Å². The lowest BCUT2D eigenvalue weighted by atomic mass is 10.3. The molecule has 0 spiro atoms. The predicted octanol–water partition coefficient (Wildman–Crippen LogP) is 1.98. The fraction of sp³-hybridized carbons (Fsp3) is 0.500. The van der Waals surface area contributed by atoms with Crippen LogP contribution in [0.4, 0.5) is 5.82 Å². The summed E-state index contributed by atoms with van der Waals surface area (Å²) < 4.78 is 0. The first-order valence-electron chi connectivity index (χ1n) is 4.80. The summed E-state index contributed by atoms with van der Waals surface area (Å²) in [6, 6.07) is 4.12. The van der Waals surface area contributed by atoms with Crippen molar-refractivity contribution >= 4 is 30.6 Å². The average molecular weight is 250 g/mol. The highest BCUT2D eigenvalue weighted by molar-refractivity contribution is 5.85. The van der Waals surface area contributed by atoms with Gasteiger partial charge in [-0.3, -0.25) is 0 Å². The predicted molar refractivity (Wildman–Crippen MR) is 68.1 cm³/mol. The molecule has 3 nitrogen and oxygen atoms in total. The lowest BCUT2D eigenvalue weighted by Crippen LogP contribution is -2.18. The highest BCUT2D eigenvalue weighted by Gasteiger charge is 2.12. The van der Waals surface area contributed by atoms with E-state index in [-0.39, 0.29) is 24.8 Å². The van der Waals surface area contributed by atoms with Gasteiger partial charge in [0, 0.05) is 25.8 Å². The highest BCUT2D eigenvalue weighted by Crippen LogP contribution is 2.17. The summed E-state index contributed by atoms with van der Waals surface area (Å²) in [4.78, 5) is 6.70. The first kappa shape index (κ1) is 14.5. The van der Waals surface area contributed by atoms with Crippen LogP contribution in [0.15, 0.2) is 18.3 Å². The molecule has 15 heavy (non-hydrogen) atoms. The number of hydrogen-bond acceptors (Lipinski definition) is 3. The molecular weight excluding hydrogens is 233 g/mol. The molecule has 1 aromatic heterocycles. The Labute approximate surface area is 103 Å². The van der Waals surface area contributed by atoms with Gasteiger partial charge in [-0.25, -0.2) is 4.98 Å². The van der Waals surface area contributed by atoms with Crippen molar-refractivity contribution in [3.8, 4) is 0 Å². The number of hydrogen-bond donors (Lipinski definition) is 1. The van der Waals surface area contributed by atoms with Crippen LogP contribution in [0.5, 0.6) is 0 Å². The minimum absolute atomic E-state index is 0. The lowest BCUT2D eigenvalue weighted by Gasteiger charge is -2.15. The summed E-state index contributed by atoms with van der Waals surface area (Å²) in [7, 11) is 0. The van der Waals surface area contributed by atoms with Crippen molar-refractivity contribution in [2.45, 2.75) is 19.4 Å². The van der Waals surface area contributed by atoms with E-state index < -0.39 is 0 Å². The standard InChI is InChI=1S/C10H15N3.2ClH/c11-7-9-3-4-10(12-8-9)13-5-1-2-6-13;;/h3-4,8H,1-2,5-7,11H2;2*1H. The Morgan fingerprint density at radius 2 is 1.87 bits per heavy atom. The summed E-state index contributed by atoms with van der Waals surface area (Å²) in [5.41, 5.74) is 6.60. The lowest BCUT2D eigenvalue weighted by molar-refractivity contribution is 0.929. The minimum atomic E-state index is 0. The molecule has 2 N–H and O–H groups in total. The van der Waals surface area contributed by atoms with E-state index in [4.69, 9.17) is 5.73 Å². The Bertz CT molecular complexity index is 271. The SMILES string of the molecule is Cl.Cl.NCc1ccc(N2CCCC2)nc1. The van der Waals surface area contributed by atoms with Crippen LogP contribution >= 0.6 is 24.8 Å². The highest BCUT2D eigenvalue weighted by atomic mass is 35.5. The fourth-order valence-corrected chi connectivity index (χ4v) is 1.67. The van der Waals surface area contributed by atoms with E-state index >= 15 is 0 Å². The second-order valence-electron chi connectivity index (χ2n) is 3.42. The molecule has 0 radical (unpaired) electrons. The number of halogens is 2. The van der Waals surface area contributed by atoms with Gasteiger partial charge >= 0.3 is 0 Å². The molecule has 1 aliphatic heterocycles.